The average molecular weight is 431 g/mol. The van der Waals surface area contributed by atoms with E-state index in [9.17, 15) is 9.90 Å². The largest absolute Gasteiger partial charge is 0.490 e. The summed E-state index contributed by atoms with van der Waals surface area (Å²) in [5.74, 6) is 1.38. The topological polar surface area (TPSA) is 62.2 Å². The first-order valence-corrected chi connectivity index (χ1v) is 10.8. The van der Waals surface area contributed by atoms with Gasteiger partial charge in [0.25, 0.3) is 5.91 Å². The summed E-state index contributed by atoms with van der Waals surface area (Å²) in [7, 11) is 0. The zero-order valence-electron chi connectivity index (χ0n) is 16.9. The number of aliphatic hydroxyl groups is 1. The summed E-state index contributed by atoms with van der Waals surface area (Å²) in [6.07, 6.45) is 1.07. The molecule has 1 atom stereocenters. The number of ether oxygens (including phenoxy) is 2. The van der Waals surface area contributed by atoms with Crippen molar-refractivity contribution < 1.29 is 19.4 Å². The van der Waals surface area contributed by atoms with Gasteiger partial charge >= 0.3 is 0 Å². The summed E-state index contributed by atoms with van der Waals surface area (Å²) in [5, 5.41) is 11.3. The van der Waals surface area contributed by atoms with Crippen molar-refractivity contribution in [1.29, 1.82) is 0 Å². The van der Waals surface area contributed by atoms with Gasteiger partial charge in [0, 0.05) is 39.1 Å². The molecule has 1 fully saturated rings. The minimum Gasteiger partial charge on any atom is -0.490 e. The van der Waals surface area contributed by atoms with Crippen LogP contribution in [0.5, 0.6) is 11.5 Å². The van der Waals surface area contributed by atoms with Gasteiger partial charge in [-0.05, 0) is 36.2 Å². The Morgan fingerprint density at radius 2 is 1.80 bits per heavy atom. The first-order chi connectivity index (χ1) is 14.6. The molecule has 6 nitrogen and oxygen atoms in total. The van der Waals surface area contributed by atoms with Crippen molar-refractivity contribution in [2.75, 3.05) is 45.9 Å². The predicted octanol–water partition coefficient (Wildman–Crippen LogP) is 3.38. The van der Waals surface area contributed by atoms with Crippen LogP contribution in [0.4, 0.5) is 0 Å². The first kappa shape index (κ1) is 21.0. The molecule has 30 heavy (non-hydrogen) atoms. The van der Waals surface area contributed by atoms with Crippen LogP contribution in [0.25, 0.3) is 0 Å². The average Bonchev–Trinajstić information content (AvgIpc) is 3.13. The smallest absolute Gasteiger partial charge is 0.255 e. The highest BCUT2D eigenvalue weighted by molar-refractivity contribution is 6.33. The van der Waals surface area contributed by atoms with Crippen molar-refractivity contribution >= 4 is 17.5 Å². The highest BCUT2D eigenvalue weighted by atomic mass is 35.5. The van der Waals surface area contributed by atoms with E-state index >= 15 is 0 Å². The fourth-order valence-electron chi connectivity index (χ4n) is 3.90. The molecule has 1 saturated heterocycles. The molecule has 2 aliphatic heterocycles. The molecule has 160 valence electrons. The van der Waals surface area contributed by atoms with Gasteiger partial charge < -0.3 is 19.5 Å². The lowest BCUT2D eigenvalue weighted by atomic mass is 10.1. The summed E-state index contributed by atoms with van der Waals surface area (Å²) in [6, 6.07) is 12.8. The number of carbonyl (C=O) groups excluding carboxylic acids is 1. The standard InChI is InChI=1S/C23H27ClN2O4/c24-19-6-2-1-5-18(19)23(28)26-10-3-9-25(11-12-26)16-20(27)17-7-8-21-22(15-17)30-14-4-13-29-21/h1-2,5-8,15,20,27H,3-4,9-14,16H2. The quantitative estimate of drug-likeness (QED) is 0.805. The highest BCUT2D eigenvalue weighted by Crippen LogP contribution is 2.32. The molecule has 2 aliphatic rings. The second kappa shape index (κ2) is 9.69. The van der Waals surface area contributed by atoms with E-state index in [0.717, 1.165) is 30.7 Å². The lowest BCUT2D eigenvalue weighted by Crippen LogP contribution is -2.36. The Hall–Kier alpha value is -2.28. The number of carbonyl (C=O) groups is 1. The van der Waals surface area contributed by atoms with Gasteiger partial charge in [0.2, 0.25) is 0 Å². The number of fused-ring (bicyclic) bond motifs is 1. The minimum absolute atomic E-state index is 0.0362. The molecule has 7 heteroatoms. The van der Waals surface area contributed by atoms with E-state index in [1.54, 1.807) is 12.1 Å². The van der Waals surface area contributed by atoms with Crippen molar-refractivity contribution in [3.05, 3.63) is 58.6 Å². The number of benzene rings is 2. The monoisotopic (exact) mass is 430 g/mol. The Morgan fingerprint density at radius 3 is 2.63 bits per heavy atom. The Bertz CT molecular complexity index is 891. The lowest BCUT2D eigenvalue weighted by Gasteiger charge is -2.24. The second-order valence-corrected chi connectivity index (χ2v) is 8.11. The maximum absolute atomic E-state index is 12.8. The molecular weight excluding hydrogens is 404 g/mol. The number of aliphatic hydroxyl groups excluding tert-OH is 1. The van der Waals surface area contributed by atoms with E-state index in [1.165, 1.54) is 0 Å². The zero-order chi connectivity index (χ0) is 20.9. The summed E-state index contributed by atoms with van der Waals surface area (Å²) >= 11 is 6.20. The van der Waals surface area contributed by atoms with Gasteiger partial charge in [-0.3, -0.25) is 9.69 Å². The van der Waals surface area contributed by atoms with Crippen LogP contribution in [0.2, 0.25) is 5.02 Å². The molecule has 2 aromatic carbocycles. The van der Waals surface area contributed by atoms with E-state index in [-0.39, 0.29) is 5.91 Å². The highest BCUT2D eigenvalue weighted by Gasteiger charge is 2.23. The summed E-state index contributed by atoms with van der Waals surface area (Å²) in [6.45, 7) is 4.60. The zero-order valence-corrected chi connectivity index (χ0v) is 17.7. The number of halogens is 1. The van der Waals surface area contributed by atoms with Crippen molar-refractivity contribution in [3.8, 4) is 11.5 Å². The first-order valence-electron chi connectivity index (χ1n) is 10.5. The third-order valence-corrected chi connectivity index (χ3v) is 5.90. The third kappa shape index (κ3) is 4.89. The molecule has 1 N–H and O–H groups in total. The Kier molecular flexibility index (Phi) is 6.77. The summed E-state index contributed by atoms with van der Waals surface area (Å²) < 4.78 is 11.4. The van der Waals surface area contributed by atoms with Gasteiger partial charge in [0.05, 0.1) is 29.9 Å². The Balaban J connectivity index is 1.36. The molecular formula is C23H27ClN2O4. The summed E-state index contributed by atoms with van der Waals surface area (Å²) in [4.78, 5) is 16.9. The number of hydrogen-bond acceptors (Lipinski definition) is 5. The van der Waals surface area contributed by atoms with Crippen molar-refractivity contribution in [2.24, 2.45) is 0 Å². The molecule has 1 unspecified atom stereocenters. The van der Waals surface area contributed by atoms with Gasteiger partial charge in [-0.2, -0.15) is 0 Å². The van der Waals surface area contributed by atoms with Crippen LogP contribution < -0.4 is 9.47 Å². The fourth-order valence-corrected chi connectivity index (χ4v) is 4.12. The molecule has 0 aromatic heterocycles. The van der Waals surface area contributed by atoms with Gasteiger partial charge in [-0.25, -0.2) is 0 Å². The van der Waals surface area contributed by atoms with Crippen LogP contribution in [-0.4, -0.2) is 66.8 Å². The van der Waals surface area contributed by atoms with Gasteiger partial charge in [0.1, 0.15) is 0 Å². The van der Waals surface area contributed by atoms with E-state index in [4.69, 9.17) is 21.1 Å². The number of amides is 1. The van der Waals surface area contributed by atoms with Crippen LogP contribution in [0.3, 0.4) is 0 Å². The molecule has 4 rings (SSSR count). The lowest BCUT2D eigenvalue weighted by molar-refractivity contribution is 0.0754. The van der Waals surface area contributed by atoms with Crippen LogP contribution in [-0.2, 0) is 0 Å². The Morgan fingerprint density at radius 1 is 1.00 bits per heavy atom. The van der Waals surface area contributed by atoms with Crippen molar-refractivity contribution in [3.63, 3.8) is 0 Å². The minimum atomic E-state index is -0.632. The number of rotatable bonds is 4. The Labute approximate surface area is 181 Å². The SMILES string of the molecule is O=C(c1ccccc1Cl)N1CCCN(CC(O)c2ccc3c(c2)OCCCO3)CC1. The molecule has 0 bridgehead atoms. The van der Waals surface area contributed by atoms with Crippen LogP contribution >= 0.6 is 11.6 Å². The van der Waals surface area contributed by atoms with Gasteiger partial charge in [-0.15, -0.1) is 0 Å². The van der Waals surface area contributed by atoms with Gasteiger partial charge in [0.15, 0.2) is 11.5 Å². The molecule has 0 radical (unpaired) electrons. The maximum Gasteiger partial charge on any atom is 0.255 e. The van der Waals surface area contributed by atoms with Gasteiger partial charge in [-0.1, -0.05) is 29.8 Å². The van der Waals surface area contributed by atoms with E-state index in [1.807, 2.05) is 35.2 Å². The third-order valence-electron chi connectivity index (χ3n) is 5.57. The maximum atomic E-state index is 12.8. The fraction of sp³-hybridized carbons (Fsp3) is 0.435. The molecule has 0 spiro atoms. The number of nitrogens with zero attached hydrogens (tertiary/aromatic N) is 2. The van der Waals surface area contributed by atoms with Crippen LogP contribution in [0.15, 0.2) is 42.5 Å². The molecule has 1 amide bonds. The molecule has 2 heterocycles. The molecule has 0 aliphatic carbocycles. The van der Waals surface area contributed by atoms with Crippen LogP contribution in [0.1, 0.15) is 34.9 Å². The predicted molar refractivity (Wildman–Crippen MR) is 115 cm³/mol. The second-order valence-electron chi connectivity index (χ2n) is 7.70. The van der Waals surface area contributed by atoms with Crippen molar-refractivity contribution in [1.82, 2.24) is 9.80 Å². The number of β-amino-alcohol motifs (C(OH)–C–C–N with tert-alkyl or cyclic N) is 1. The van der Waals surface area contributed by atoms with Crippen molar-refractivity contribution in [2.45, 2.75) is 18.9 Å². The molecule has 0 saturated carbocycles. The van der Waals surface area contributed by atoms with E-state index in [0.29, 0.717) is 55.7 Å². The van der Waals surface area contributed by atoms with E-state index < -0.39 is 6.10 Å². The number of hydrogen-bond donors (Lipinski definition) is 1. The van der Waals surface area contributed by atoms with E-state index in [2.05, 4.69) is 4.90 Å². The molecule has 2 aromatic rings. The van der Waals surface area contributed by atoms with Crippen LogP contribution in [0, 0.1) is 0 Å². The normalized spacial score (nSPS) is 18.4. The summed E-state index contributed by atoms with van der Waals surface area (Å²) in [5.41, 5.74) is 1.35.